The summed E-state index contributed by atoms with van der Waals surface area (Å²) >= 11 is 3.38. The third-order valence-electron chi connectivity index (χ3n) is 5.09. The van der Waals surface area contributed by atoms with Crippen LogP contribution in [0.15, 0.2) is 58.2 Å². The lowest BCUT2D eigenvalue weighted by molar-refractivity contribution is -0.224. The van der Waals surface area contributed by atoms with Crippen molar-refractivity contribution < 1.29 is 19.2 Å². The molecule has 2 aromatic carbocycles. The average Bonchev–Trinajstić information content (AvgIpc) is 3.07. The van der Waals surface area contributed by atoms with Crippen LogP contribution in [0.5, 0.6) is 5.75 Å². The molecule has 0 aromatic heterocycles. The van der Waals surface area contributed by atoms with Crippen LogP contribution in [0.4, 0.5) is 10.5 Å². The van der Waals surface area contributed by atoms with Crippen LogP contribution in [-0.2, 0) is 9.68 Å². The fourth-order valence-electron chi connectivity index (χ4n) is 3.61. The molecule has 7 nitrogen and oxygen atoms in total. The summed E-state index contributed by atoms with van der Waals surface area (Å²) in [7, 11) is 1.61. The molecule has 0 radical (unpaired) electrons. The maximum absolute atomic E-state index is 12.7. The van der Waals surface area contributed by atoms with Crippen molar-refractivity contribution >= 4 is 33.5 Å². The number of carbonyl (C=O) groups excluding carboxylic acids is 1. The predicted octanol–water partition coefficient (Wildman–Crippen LogP) is 5.28. The molecule has 0 atom stereocenters. The van der Waals surface area contributed by atoms with Crippen LogP contribution in [0.1, 0.15) is 37.7 Å². The van der Waals surface area contributed by atoms with E-state index in [0.29, 0.717) is 17.3 Å². The zero-order valence-electron chi connectivity index (χ0n) is 16.1. The van der Waals surface area contributed by atoms with Crippen LogP contribution in [0.3, 0.4) is 0 Å². The number of hydrogen-bond donors (Lipinski definition) is 1. The van der Waals surface area contributed by atoms with Gasteiger partial charge >= 0.3 is 6.09 Å². The SMILES string of the molecule is COc1cccc(C2=NOC3(CCCCC3)N2OC(=O)Nc2ccc(Br)cc2)c1. The topological polar surface area (TPSA) is 72.4 Å². The number of amidine groups is 1. The number of anilines is 1. The molecule has 8 heteroatoms. The van der Waals surface area contributed by atoms with Gasteiger partial charge in [-0.1, -0.05) is 39.6 Å². The molecule has 1 aliphatic carbocycles. The minimum atomic E-state index is -0.770. The van der Waals surface area contributed by atoms with Crippen LogP contribution in [0, 0.1) is 0 Å². The second-order valence-electron chi connectivity index (χ2n) is 7.05. The molecule has 1 amide bonds. The van der Waals surface area contributed by atoms with E-state index in [9.17, 15) is 4.79 Å². The van der Waals surface area contributed by atoms with Crippen molar-refractivity contribution in [3.63, 3.8) is 0 Å². The Morgan fingerprint density at radius 3 is 2.66 bits per heavy atom. The summed E-state index contributed by atoms with van der Waals surface area (Å²) in [6.07, 6.45) is 3.95. The van der Waals surface area contributed by atoms with Crippen LogP contribution < -0.4 is 10.1 Å². The van der Waals surface area contributed by atoms with Crippen molar-refractivity contribution in [1.29, 1.82) is 0 Å². The van der Waals surface area contributed by atoms with Crippen molar-refractivity contribution in [1.82, 2.24) is 5.06 Å². The van der Waals surface area contributed by atoms with Crippen molar-refractivity contribution in [3.8, 4) is 5.75 Å². The summed E-state index contributed by atoms with van der Waals surface area (Å²) in [5.41, 5.74) is 0.618. The summed E-state index contributed by atoms with van der Waals surface area (Å²) in [5, 5.41) is 8.56. The van der Waals surface area contributed by atoms with E-state index in [2.05, 4.69) is 26.4 Å². The highest BCUT2D eigenvalue weighted by Crippen LogP contribution is 2.40. The molecule has 0 saturated heterocycles. The second kappa shape index (κ2) is 8.32. The number of benzene rings is 2. The first kappa shape index (κ1) is 19.6. The van der Waals surface area contributed by atoms with Gasteiger partial charge in [-0.15, -0.1) is 5.06 Å². The molecule has 1 aliphatic heterocycles. The summed E-state index contributed by atoms with van der Waals surface area (Å²) in [6, 6.07) is 14.7. The lowest BCUT2D eigenvalue weighted by Crippen LogP contribution is -2.51. The van der Waals surface area contributed by atoms with Gasteiger partial charge < -0.3 is 14.4 Å². The Morgan fingerprint density at radius 2 is 1.93 bits per heavy atom. The van der Waals surface area contributed by atoms with Crippen molar-refractivity contribution in [2.45, 2.75) is 37.8 Å². The van der Waals surface area contributed by atoms with Crippen molar-refractivity contribution in [2.24, 2.45) is 5.16 Å². The lowest BCUT2D eigenvalue weighted by Gasteiger charge is -2.37. The Labute approximate surface area is 177 Å². The fraction of sp³-hybridized carbons (Fsp3) is 0.333. The molecule has 29 heavy (non-hydrogen) atoms. The number of amides is 1. The summed E-state index contributed by atoms with van der Waals surface area (Å²) in [4.78, 5) is 24.3. The van der Waals surface area contributed by atoms with Crippen molar-refractivity contribution in [3.05, 3.63) is 58.6 Å². The zero-order chi connectivity index (χ0) is 20.3. The molecule has 1 saturated carbocycles. The van der Waals surface area contributed by atoms with E-state index >= 15 is 0 Å². The van der Waals surface area contributed by atoms with Gasteiger partial charge in [-0.3, -0.25) is 5.32 Å². The third-order valence-corrected chi connectivity index (χ3v) is 5.62. The number of nitrogens with zero attached hydrogens (tertiary/aromatic N) is 2. The zero-order valence-corrected chi connectivity index (χ0v) is 17.6. The number of rotatable bonds is 4. The number of oxime groups is 1. The van der Waals surface area contributed by atoms with E-state index in [0.717, 1.165) is 42.1 Å². The van der Waals surface area contributed by atoms with Gasteiger partial charge in [0.2, 0.25) is 11.6 Å². The van der Waals surface area contributed by atoms with Gasteiger partial charge in [0, 0.05) is 28.6 Å². The van der Waals surface area contributed by atoms with Gasteiger partial charge in [-0.2, -0.15) is 0 Å². The number of hydroxylamine groups is 2. The number of halogens is 1. The first-order valence-corrected chi connectivity index (χ1v) is 10.3. The summed E-state index contributed by atoms with van der Waals surface area (Å²) in [6.45, 7) is 0. The minimum absolute atomic E-state index is 0.455. The third kappa shape index (κ3) is 4.17. The first-order chi connectivity index (χ1) is 14.1. The highest BCUT2D eigenvalue weighted by molar-refractivity contribution is 9.10. The number of carbonyl (C=O) groups is 1. The molecule has 1 fully saturated rings. The van der Waals surface area contributed by atoms with Gasteiger partial charge in [0.15, 0.2) is 0 Å². The molecule has 1 heterocycles. The number of ether oxygens (including phenoxy) is 1. The first-order valence-electron chi connectivity index (χ1n) is 9.55. The van der Waals surface area contributed by atoms with E-state index in [-0.39, 0.29) is 0 Å². The highest BCUT2D eigenvalue weighted by atomic mass is 79.9. The van der Waals surface area contributed by atoms with E-state index in [1.807, 2.05) is 36.4 Å². The Bertz CT molecular complexity index is 910. The molecular weight excluding hydrogens is 438 g/mol. The molecule has 2 aromatic rings. The van der Waals surface area contributed by atoms with E-state index in [1.54, 1.807) is 19.2 Å². The smallest absolute Gasteiger partial charge is 0.436 e. The van der Waals surface area contributed by atoms with Gasteiger partial charge in [-0.05, 0) is 49.2 Å². The highest BCUT2D eigenvalue weighted by Gasteiger charge is 2.50. The molecule has 1 N–H and O–H groups in total. The number of methoxy groups -OCH3 is 1. The monoisotopic (exact) mass is 459 g/mol. The van der Waals surface area contributed by atoms with Gasteiger partial charge in [0.05, 0.1) is 7.11 Å². The molecule has 2 aliphatic rings. The summed E-state index contributed by atoms with van der Waals surface area (Å²) in [5.74, 6) is 1.14. The molecule has 0 bridgehead atoms. The molecule has 0 unspecified atom stereocenters. The predicted molar refractivity (Wildman–Crippen MR) is 113 cm³/mol. The van der Waals surface area contributed by atoms with Crippen LogP contribution in [0.2, 0.25) is 0 Å². The lowest BCUT2D eigenvalue weighted by atomic mass is 9.91. The fourth-order valence-corrected chi connectivity index (χ4v) is 3.87. The van der Waals surface area contributed by atoms with Crippen molar-refractivity contribution in [2.75, 3.05) is 12.4 Å². The molecule has 4 rings (SSSR count). The molecule has 152 valence electrons. The van der Waals surface area contributed by atoms with E-state index in [1.165, 1.54) is 5.06 Å². The van der Waals surface area contributed by atoms with E-state index < -0.39 is 11.8 Å². The maximum Gasteiger partial charge on any atom is 0.436 e. The standard InChI is InChI=1S/C21H22BrN3O4/c1-27-18-7-5-6-15(14-18)19-24-29-21(12-3-2-4-13-21)25(19)28-20(26)23-17-10-8-16(22)9-11-17/h5-11,14H,2-4,12-13H2,1H3,(H,23,26). The average molecular weight is 460 g/mol. The maximum atomic E-state index is 12.7. The van der Waals surface area contributed by atoms with Crippen LogP contribution >= 0.6 is 15.9 Å². The number of nitrogens with one attached hydrogen (secondary N) is 1. The van der Waals surface area contributed by atoms with Gasteiger partial charge in [0.25, 0.3) is 0 Å². The normalized spacial score (nSPS) is 17.4. The second-order valence-corrected chi connectivity index (χ2v) is 7.97. The largest absolute Gasteiger partial charge is 0.497 e. The van der Waals surface area contributed by atoms with Crippen LogP contribution in [-0.4, -0.2) is 29.8 Å². The summed E-state index contributed by atoms with van der Waals surface area (Å²) < 4.78 is 6.25. The molecule has 1 spiro atoms. The Hall–Kier alpha value is -2.74. The molecular formula is C21H22BrN3O4. The van der Waals surface area contributed by atoms with E-state index in [4.69, 9.17) is 14.4 Å². The Balaban J connectivity index is 1.58. The van der Waals surface area contributed by atoms with Gasteiger partial charge in [0.1, 0.15) is 5.75 Å². The number of hydrogen-bond acceptors (Lipinski definition) is 6. The van der Waals surface area contributed by atoms with Gasteiger partial charge in [-0.25, -0.2) is 4.79 Å². The Kier molecular flexibility index (Phi) is 5.62. The Morgan fingerprint density at radius 1 is 1.17 bits per heavy atom. The minimum Gasteiger partial charge on any atom is -0.497 e. The van der Waals surface area contributed by atoms with Crippen LogP contribution in [0.25, 0.3) is 0 Å². The quantitative estimate of drug-likeness (QED) is 0.673.